The van der Waals surface area contributed by atoms with Crippen LogP contribution in [0.25, 0.3) is 0 Å². The van der Waals surface area contributed by atoms with Crippen LogP contribution >= 0.6 is 0 Å². The van der Waals surface area contributed by atoms with E-state index in [-0.39, 0.29) is 6.04 Å². The van der Waals surface area contributed by atoms with Gasteiger partial charge >= 0.3 is 0 Å². The molecular weight excluding hydrogens is 154 g/mol. The topological polar surface area (TPSA) is 44.5 Å². The molecule has 0 aromatic heterocycles. The zero-order valence-corrected chi connectivity index (χ0v) is 8.21. The SMILES string of the molecule is CCCOCC(N)CCOCC. The summed E-state index contributed by atoms with van der Waals surface area (Å²) in [5.41, 5.74) is 5.75. The molecule has 0 aromatic carbocycles. The van der Waals surface area contributed by atoms with Crippen LogP contribution in [-0.4, -0.2) is 32.5 Å². The lowest BCUT2D eigenvalue weighted by Gasteiger charge is -2.11. The van der Waals surface area contributed by atoms with E-state index in [2.05, 4.69) is 6.92 Å². The largest absolute Gasteiger partial charge is 0.382 e. The van der Waals surface area contributed by atoms with Crippen LogP contribution in [0.2, 0.25) is 0 Å². The van der Waals surface area contributed by atoms with E-state index in [0.717, 1.165) is 32.7 Å². The second-order valence-electron chi connectivity index (χ2n) is 2.82. The maximum atomic E-state index is 5.75. The maximum Gasteiger partial charge on any atom is 0.0618 e. The molecule has 12 heavy (non-hydrogen) atoms. The average Bonchev–Trinajstić information content (AvgIpc) is 2.06. The fourth-order valence-corrected chi connectivity index (χ4v) is 0.841. The van der Waals surface area contributed by atoms with Crippen LogP contribution in [0.15, 0.2) is 0 Å². The van der Waals surface area contributed by atoms with E-state index in [1.807, 2.05) is 6.92 Å². The number of hydrogen-bond donors (Lipinski definition) is 1. The lowest BCUT2D eigenvalue weighted by molar-refractivity contribution is 0.0965. The van der Waals surface area contributed by atoms with Crippen molar-refractivity contribution in [2.45, 2.75) is 32.7 Å². The summed E-state index contributed by atoms with van der Waals surface area (Å²) in [6.07, 6.45) is 1.94. The molecule has 2 N–H and O–H groups in total. The van der Waals surface area contributed by atoms with E-state index in [9.17, 15) is 0 Å². The van der Waals surface area contributed by atoms with Crippen LogP contribution < -0.4 is 5.73 Å². The van der Waals surface area contributed by atoms with Crippen LogP contribution in [0.3, 0.4) is 0 Å². The number of hydrogen-bond acceptors (Lipinski definition) is 3. The summed E-state index contributed by atoms with van der Waals surface area (Å²) in [4.78, 5) is 0. The minimum atomic E-state index is 0.128. The molecule has 0 saturated heterocycles. The van der Waals surface area contributed by atoms with Gasteiger partial charge < -0.3 is 15.2 Å². The fourth-order valence-electron chi connectivity index (χ4n) is 0.841. The second kappa shape index (κ2) is 8.97. The molecule has 0 aliphatic heterocycles. The Balaban J connectivity index is 3.04. The third-order valence-corrected chi connectivity index (χ3v) is 1.52. The Labute approximate surface area is 75.2 Å². The number of ether oxygens (including phenoxy) is 2. The van der Waals surface area contributed by atoms with Crippen LogP contribution in [0.1, 0.15) is 26.7 Å². The third-order valence-electron chi connectivity index (χ3n) is 1.52. The normalized spacial score (nSPS) is 13.2. The minimum absolute atomic E-state index is 0.128. The van der Waals surface area contributed by atoms with Crippen LogP contribution in [0.5, 0.6) is 0 Å². The Kier molecular flexibility index (Phi) is 8.88. The summed E-state index contributed by atoms with van der Waals surface area (Å²) in [6.45, 7) is 7.05. The summed E-state index contributed by atoms with van der Waals surface area (Å²) >= 11 is 0. The van der Waals surface area contributed by atoms with Gasteiger partial charge in [-0.1, -0.05) is 6.92 Å². The minimum Gasteiger partial charge on any atom is -0.382 e. The molecule has 3 heteroatoms. The van der Waals surface area contributed by atoms with Crippen LogP contribution in [0.4, 0.5) is 0 Å². The first-order valence-corrected chi connectivity index (χ1v) is 4.72. The number of rotatable bonds is 8. The summed E-state index contributed by atoms with van der Waals surface area (Å²) in [5, 5.41) is 0. The highest BCUT2D eigenvalue weighted by atomic mass is 16.5. The van der Waals surface area contributed by atoms with Gasteiger partial charge in [0.1, 0.15) is 0 Å². The Morgan fingerprint density at radius 1 is 1.17 bits per heavy atom. The summed E-state index contributed by atoms with van der Waals surface area (Å²) in [6, 6.07) is 0.128. The quantitative estimate of drug-likeness (QED) is 0.563. The molecule has 0 rings (SSSR count). The van der Waals surface area contributed by atoms with Gasteiger partial charge in [0.25, 0.3) is 0 Å². The predicted molar refractivity (Wildman–Crippen MR) is 50.2 cm³/mol. The molecule has 1 atom stereocenters. The highest BCUT2D eigenvalue weighted by Crippen LogP contribution is 1.91. The van der Waals surface area contributed by atoms with Crippen molar-refractivity contribution in [2.75, 3.05) is 26.4 Å². The van der Waals surface area contributed by atoms with Crippen LogP contribution in [-0.2, 0) is 9.47 Å². The number of nitrogens with two attached hydrogens (primary N) is 1. The van der Waals surface area contributed by atoms with E-state index in [1.165, 1.54) is 0 Å². The van der Waals surface area contributed by atoms with Gasteiger partial charge in [-0.25, -0.2) is 0 Å². The maximum absolute atomic E-state index is 5.75. The van der Waals surface area contributed by atoms with Gasteiger partial charge in [0.2, 0.25) is 0 Å². The lowest BCUT2D eigenvalue weighted by atomic mass is 10.2. The van der Waals surface area contributed by atoms with Gasteiger partial charge in [-0.2, -0.15) is 0 Å². The Morgan fingerprint density at radius 3 is 2.50 bits per heavy atom. The molecule has 0 aromatic rings. The van der Waals surface area contributed by atoms with E-state index in [4.69, 9.17) is 15.2 Å². The molecule has 0 radical (unpaired) electrons. The molecule has 0 aliphatic rings. The van der Waals surface area contributed by atoms with E-state index >= 15 is 0 Å². The molecule has 74 valence electrons. The van der Waals surface area contributed by atoms with Gasteiger partial charge in [0.15, 0.2) is 0 Å². The van der Waals surface area contributed by atoms with Crippen molar-refractivity contribution in [1.82, 2.24) is 0 Å². The first kappa shape index (κ1) is 11.9. The van der Waals surface area contributed by atoms with Gasteiger partial charge in [-0.15, -0.1) is 0 Å². The molecule has 0 bridgehead atoms. The van der Waals surface area contributed by atoms with Crippen molar-refractivity contribution in [3.05, 3.63) is 0 Å². The molecule has 0 spiro atoms. The molecule has 0 fully saturated rings. The molecule has 0 saturated carbocycles. The van der Waals surface area contributed by atoms with Gasteiger partial charge in [0, 0.05) is 25.9 Å². The molecule has 0 heterocycles. The third kappa shape index (κ3) is 7.98. The standard InChI is InChI=1S/C9H21NO2/c1-3-6-12-8-9(10)5-7-11-4-2/h9H,3-8,10H2,1-2H3. The Morgan fingerprint density at radius 2 is 1.92 bits per heavy atom. The molecule has 3 nitrogen and oxygen atoms in total. The summed E-state index contributed by atoms with van der Waals surface area (Å²) in [7, 11) is 0. The lowest BCUT2D eigenvalue weighted by Crippen LogP contribution is -2.27. The van der Waals surface area contributed by atoms with Crippen molar-refractivity contribution in [3.63, 3.8) is 0 Å². The monoisotopic (exact) mass is 175 g/mol. The molecule has 0 amide bonds. The van der Waals surface area contributed by atoms with Gasteiger partial charge in [0.05, 0.1) is 6.61 Å². The summed E-state index contributed by atoms with van der Waals surface area (Å²) in [5.74, 6) is 0. The highest BCUT2D eigenvalue weighted by Gasteiger charge is 2.01. The fraction of sp³-hybridized carbons (Fsp3) is 1.00. The zero-order chi connectivity index (χ0) is 9.23. The molecule has 0 aliphatic carbocycles. The van der Waals surface area contributed by atoms with Crippen molar-refractivity contribution in [1.29, 1.82) is 0 Å². The smallest absolute Gasteiger partial charge is 0.0618 e. The van der Waals surface area contributed by atoms with Crippen molar-refractivity contribution >= 4 is 0 Å². The van der Waals surface area contributed by atoms with Crippen molar-refractivity contribution < 1.29 is 9.47 Å². The van der Waals surface area contributed by atoms with E-state index in [1.54, 1.807) is 0 Å². The average molecular weight is 175 g/mol. The Bertz CT molecular complexity index is 78.6. The van der Waals surface area contributed by atoms with Crippen molar-refractivity contribution in [2.24, 2.45) is 5.73 Å². The highest BCUT2D eigenvalue weighted by molar-refractivity contribution is 4.58. The zero-order valence-electron chi connectivity index (χ0n) is 8.21. The van der Waals surface area contributed by atoms with Crippen LogP contribution in [0, 0.1) is 0 Å². The van der Waals surface area contributed by atoms with E-state index < -0.39 is 0 Å². The van der Waals surface area contributed by atoms with E-state index in [0.29, 0.717) is 6.61 Å². The predicted octanol–water partition coefficient (Wildman–Crippen LogP) is 1.17. The summed E-state index contributed by atoms with van der Waals surface area (Å²) < 4.78 is 10.5. The van der Waals surface area contributed by atoms with Crippen molar-refractivity contribution in [3.8, 4) is 0 Å². The second-order valence-corrected chi connectivity index (χ2v) is 2.82. The first-order valence-electron chi connectivity index (χ1n) is 4.72. The Hall–Kier alpha value is -0.120. The molecular formula is C9H21NO2. The first-order chi connectivity index (χ1) is 5.81. The van der Waals surface area contributed by atoms with Gasteiger partial charge in [-0.05, 0) is 19.8 Å². The molecule has 1 unspecified atom stereocenters. The van der Waals surface area contributed by atoms with Gasteiger partial charge in [-0.3, -0.25) is 0 Å².